The number of carbonyl (C=O) groups is 2. The first-order valence-corrected chi connectivity index (χ1v) is 12.8. The van der Waals surface area contributed by atoms with Gasteiger partial charge in [0.25, 0.3) is 0 Å². The van der Waals surface area contributed by atoms with Crippen LogP contribution in [0.25, 0.3) is 0 Å². The van der Waals surface area contributed by atoms with Crippen LogP contribution in [-0.2, 0) is 22.6 Å². The molecule has 2 aromatic rings. The molecule has 1 saturated heterocycles. The number of fused-ring (bicyclic) bond motifs is 1. The second-order valence-corrected chi connectivity index (χ2v) is 10.3. The van der Waals surface area contributed by atoms with Gasteiger partial charge in [-0.1, -0.05) is 35.3 Å². The first-order chi connectivity index (χ1) is 16.4. The third-order valence-corrected chi connectivity index (χ3v) is 7.85. The number of para-hydroxylation sites is 2. The second-order valence-electron chi connectivity index (χ2n) is 9.46. The number of halogens is 2. The fourth-order valence-corrected chi connectivity index (χ4v) is 5.78. The van der Waals surface area contributed by atoms with Crippen LogP contribution < -0.4 is 9.80 Å². The van der Waals surface area contributed by atoms with E-state index in [1.54, 1.807) is 6.07 Å². The van der Waals surface area contributed by atoms with Crippen molar-refractivity contribution in [1.82, 2.24) is 4.90 Å². The highest BCUT2D eigenvalue weighted by molar-refractivity contribution is 6.34. The molecule has 5 rings (SSSR count). The largest absolute Gasteiger partial charge is 0.481 e. The van der Waals surface area contributed by atoms with Crippen LogP contribution in [-0.4, -0.2) is 53.6 Å². The highest BCUT2D eigenvalue weighted by Gasteiger charge is 2.39. The first kappa shape index (κ1) is 23.5. The number of carboxylic acids is 1. The summed E-state index contributed by atoms with van der Waals surface area (Å²) >= 11 is 13.0. The van der Waals surface area contributed by atoms with Gasteiger partial charge >= 0.3 is 5.97 Å². The predicted molar refractivity (Wildman–Crippen MR) is 135 cm³/mol. The minimum atomic E-state index is -0.866. The molecule has 0 spiro atoms. The SMILES string of the molecule is O=C(O)CCc1cc(Cl)c(CN2CCC[C@H]2C(=O)N2CCN(C3CC3)c3ccccc32)cc1Cl. The number of carbonyl (C=O) groups excluding carboxylic acids is 1. The molecule has 1 amide bonds. The van der Waals surface area contributed by atoms with E-state index < -0.39 is 5.97 Å². The molecule has 2 aliphatic heterocycles. The van der Waals surface area contributed by atoms with Crippen molar-refractivity contribution in [3.8, 4) is 0 Å². The quantitative estimate of drug-likeness (QED) is 0.578. The lowest BCUT2D eigenvalue weighted by Gasteiger charge is -2.40. The van der Waals surface area contributed by atoms with E-state index in [0.717, 1.165) is 42.7 Å². The van der Waals surface area contributed by atoms with E-state index in [0.29, 0.717) is 35.6 Å². The van der Waals surface area contributed by atoms with E-state index in [1.807, 2.05) is 17.0 Å². The highest BCUT2D eigenvalue weighted by Crippen LogP contribution is 2.40. The Bertz CT molecular complexity index is 1100. The van der Waals surface area contributed by atoms with Crippen molar-refractivity contribution in [1.29, 1.82) is 0 Å². The number of likely N-dealkylation sites (tertiary alicyclic amines) is 1. The van der Waals surface area contributed by atoms with Crippen LogP contribution in [0.3, 0.4) is 0 Å². The van der Waals surface area contributed by atoms with Gasteiger partial charge in [0.15, 0.2) is 0 Å². The fraction of sp³-hybridized carbons (Fsp3) is 0.462. The predicted octanol–water partition coefficient (Wildman–Crippen LogP) is 4.99. The zero-order chi connectivity index (χ0) is 23.8. The Morgan fingerprint density at radius 1 is 0.941 bits per heavy atom. The molecule has 2 aromatic carbocycles. The van der Waals surface area contributed by atoms with Crippen molar-refractivity contribution in [2.45, 2.75) is 57.2 Å². The summed E-state index contributed by atoms with van der Waals surface area (Å²) in [6, 6.07) is 12.3. The van der Waals surface area contributed by atoms with Crippen LogP contribution in [0.5, 0.6) is 0 Å². The van der Waals surface area contributed by atoms with Crippen molar-refractivity contribution in [3.05, 3.63) is 57.6 Å². The summed E-state index contributed by atoms with van der Waals surface area (Å²) in [6.45, 7) is 2.95. The normalized spacial score (nSPS) is 20.5. The van der Waals surface area contributed by atoms with E-state index in [1.165, 1.54) is 18.5 Å². The molecule has 2 fully saturated rings. The van der Waals surface area contributed by atoms with Gasteiger partial charge in [0.1, 0.15) is 0 Å². The van der Waals surface area contributed by atoms with Crippen LogP contribution in [0.2, 0.25) is 10.0 Å². The van der Waals surface area contributed by atoms with Crippen LogP contribution in [0.4, 0.5) is 11.4 Å². The Labute approximate surface area is 210 Å². The molecule has 0 bridgehead atoms. The molecule has 34 heavy (non-hydrogen) atoms. The molecule has 6 nitrogen and oxygen atoms in total. The Morgan fingerprint density at radius 3 is 2.38 bits per heavy atom. The fourth-order valence-electron chi connectivity index (χ4n) is 5.26. The summed E-state index contributed by atoms with van der Waals surface area (Å²) in [5.74, 6) is -0.713. The molecule has 180 valence electrons. The first-order valence-electron chi connectivity index (χ1n) is 12.0. The average molecular weight is 502 g/mol. The summed E-state index contributed by atoms with van der Waals surface area (Å²) in [5, 5.41) is 10.0. The lowest BCUT2D eigenvalue weighted by molar-refractivity contribution is -0.137. The van der Waals surface area contributed by atoms with Gasteiger partial charge in [-0.15, -0.1) is 0 Å². The van der Waals surface area contributed by atoms with Gasteiger partial charge in [-0.2, -0.15) is 0 Å². The minimum Gasteiger partial charge on any atom is -0.481 e. The monoisotopic (exact) mass is 501 g/mol. The van der Waals surface area contributed by atoms with Crippen molar-refractivity contribution in [2.24, 2.45) is 0 Å². The van der Waals surface area contributed by atoms with E-state index in [-0.39, 0.29) is 18.4 Å². The second kappa shape index (κ2) is 9.76. The molecule has 1 N–H and O–H groups in total. The Hall–Kier alpha value is -2.28. The van der Waals surface area contributed by atoms with Crippen molar-refractivity contribution >= 4 is 46.5 Å². The van der Waals surface area contributed by atoms with Gasteiger partial charge in [-0.3, -0.25) is 14.5 Å². The Morgan fingerprint density at radius 2 is 1.65 bits per heavy atom. The van der Waals surface area contributed by atoms with Gasteiger partial charge in [-0.25, -0.2) is 0 Å². The molecule has 0 unspecified atom stereocenters. The minimum absolute atomic E-state index is 0.00752. The maximum Gasteiger partial charge on any atom is 0.303 e. The van der Waals surface area contributed by atoms with Gasteiger partial charge in [0.05, 0.1) is 17.4 Å². The number of nitrogens with zero attached hydrogens (tertiary/aromatic N) is 3. The van der Waals surface area contributed by atoms with E-state index in [4.69, 9.17) is 28.3 Å². The number of benzene rings is 2. The summed E-state index contributed by atoms with van der Waals surface area (Å²) in [7, 11) is 0. The van der Waals surface area contributed by atoms with E-state index in [9.17, 15) is 9.59 Å². The number of hydrogen-bond acceptors (Lipinski definition) is 4. The zero-order valence-electron chi connectivity index (χ0n) is 19.1. The third kappa shape index (κ3) is 4.77. The van der Waals surface area contributed by atoms with Crippen LogP contribution in [0, 0.1) is 0 Å². The summed E-state index contributed by atoms with van der Waals surface area (Å²) < 4.78 is 0. The molecule has 0 radical (unpaired) electrons. The maximum atomic E-state index is 13.8. The molecule has 2 heterocycles. The summed E-state index contributed by atoms with van der Waals surface area (Å²) in [4.78, 5) is 31.3. The van der Waals surface area contributed by atoms with Crippen LogP contribution in [0.15, 0.2) is 36.4 Å². The molecule has 1 atom stereocenters. The van der Waals surface area contributed by atoms with Gasteiger partial charge < -0.3 is 14.9 Å². The number of aryl methyl sites for hydroxylation is 1. The molecule has 1 saturated carbocycles. The molecule has 0 aromatic heterocycles. The van der Waals surface area contributed by atoms with Gasteiger partial charge in [0.2, 0.25) is 5.91 Å². The van der Waals surface area contributed by atoms with Crippen LogP contribution >= 0.6 is 23.2 Å². The summed E-state index contributed by atoms with van der Waals surface area (Å²) in [5.41, 5.74) is 3.78. The van der Waals surface area contributed by atoms with Crippen LogP contribution in [0.1, 0.15) is 43.2 Å². The average Bonchev–Trinajstić information content (AvgIpc) is 3.57. The Balaban J connectivity index is 1.32. The number of anilines is 2. The standard InChI is InChI=1S/C26H29Cl2N3O3/c27-20-15-18(21(28)14-17(20)7-10-25(32)33)16-29-11-3-6-24(29)26(34)31-13-12-30(19-8-9-19)22-4-1-2-5-23(22)31/h1-2,4-5,14-15,19,24H,3,6-13,16H2,(H,32,33)/t24-/m0/s1. The lowest BCUT2D eigenvalue weighted by atomic mass is 10.1. The smallest absolute Gasteiger partial charge is 0.303 e. The third-order valence-electron chi connectivity index (χ3n) is 7.15. The maximum absolute atomic E-state index is 13.8. The molecular formula is C26H29Cl2N3O3. The topological polar surface area (TPSA) is 64.1 Å². The molecule has 8 heteroatoms. The highest BCUT2D eigenvalue weighted by atomic mass is 35.5. The molecular weight excluding hydrogens is 473 g/mol. The van der Waals surface area contributed by atoms with Gasteiger partial charge in [-0.05, 0) is 74.0 Å². The number of amides is 1. The number of aliphatic carboxylic acids is 1. The van der Waals surface area contributed by atoms with Crippen molar-refractivity contribution in [2.75, 3.05) is 29.4 Å². The zero-order valence-corrected chi connectivity index (χ0v) is 20.6. The number of hydrogen-bond donors (Lipinski definition) is 1. The summed E-state index contributed by atoms with van der Waals surface area (Å²) in [6.07, 6.45) is 4.60. The van der Waals surface area contributed by atoms with Gasteiger partial charge in [0, 0.05) is 42.1 Å². The molecule has 3 aliphatic rings. The number of rotatable bonds is 7. The van der Waals surface area contributed by atoms with E-state index >= 15 is 0 Å². The van der Waals surface area contributed by atoms with Crippen molar-refractivity contribution < 1.29 is 14.7 Å². The molecule has 1 aliphatic carbocycles. The van der Waals surface area contributed by atoms with Crippen molar-refractivity contribution in [3.63, 3.8) is 0 Å². The lowest BCUT2D eigenvalue weighted by Crippen LogP contribution is -2.51. The number of carboxylic acid groups (broad SMARTS) is 1. The van der Waals surface area contributed by atoms with E-state index in [2.05, 4.69) is 28.0 Å². The Kier molecular flexibility index (Phi) is 6.74.